The molecule has 0 aliphatic heterocycles. The highest BCUT2D eigenvalue weighted by atomic mass is 35.5. The quantitative estimate of drug-likeness (QED) is 0.630. The van der Waals surface area contributed by atoms with E-state index in [0.717, 1.165) is 11.1 Å². The first-order chi connectivity index (χ1) is 13.5. The molecule has 3 aromatic rings. The van der Waals surface area contributed by atoms with E-state index >= 15 is 0 Å². The first-order valence-corrected chi connectivity index (χ1v) is 9.04. The van der Waals surface area contributed by atoms with Crippen molar-refractivity contribution in [2.45, 2.75) is 13.0 Å². The zero-order valence-corrected chi connectivity index (χ0v) is 15.8. The molecule has 0 bridgehead atoms. The summed E-state index contributed by atoms with van der Waals surface area (Å²) in [6.45, 7) is 0.235. The van der Waals surface area contributed by atoms with E-state index in [0.29, 0.717) is 22.0 Å². The molecule has 0 saturated carbocycles. The topological polar surface area (TPSA) is 81.4 Å². The van der Waals surface area contributed by atoms with Crippen LogP contribution in [0, 0.1) is 0 Å². The van der Waals surface area contributed by atoms with Gasteiger partial charge in [0.1, 0.15) is 12.4 Å². The summed E-state index contributed by atoms with van der Waals surface area (Å²) in [6.07, 6.45) is 0.187. The minimum atomic E-state index is -0.545. The van der Waals surface area contributed by atoms with Gasteiger partial charge in [0.2, 0.25) is 5.91 Å². The van der Waals surface area contributed by atoms with Crippen molar-refractivity contribution in [1.29, 1.82) is 0 Å². The highest BCUT2D eigenvalue weighted by Gasteiger charge is 2.10. The maximum absolute atomic E-state index is 12.3. The van der Waals surface area contributed by atoms with Gasteiger partial charge in [-0.3, -0.25) is 9.59 Å². The first-order valence-electron chi connectivity index (χ1n) is 8.67. The summed E-state index contributed by atoms with van der Waals surface area (Å²) in [4.78, 5) is 23.8. The van der Waals surface area contributed by atoms with Crippen LogP contribution in [0.4, 0.5) is 5.69 Å². The van der Waals surface area contributed by atoms with Crippen LogP contribution in [-0.4, -0.2) is 11.8 Å². The van der Waals surface area contributed by atoms with Crippen LogP contribution in [0.1, 0.15) is 21.5 Å². The van der Waals surface area contributed by atoms with Gasteiger partial charge < -0.3 is 15.8 Å². The van der Waals surface area contributed by atoms with Gasteiger partial charge in [-0.15, -0.1) is 0 Å². The molecule has 142 valence electrons. The van der Waals surface area contributed by atoms with E-state index in [4.69, 9.17) is 22.1 Å². The summed E-state index contributed by atoms with van der Waals surface area (Å²) < 4.78 is 5.72. The Hall–Kier alpha value is -3.31. The molecule has 0 unspecified atom stereocenters. The minimum absolute atomic E-state index is 0.162. The fourth-order valence-electron chi connectivity index (χ4n) is 2.72. The minimum Gasteiger partial charge on any atom is -0.488 e. The van der Waals surface area contributed by atoms with E-state index in [1.807, 2.05) is 36.4 Å². The second-order valence-electron chi connectivity index (χ2n) is 6.17. The van der Waals surface area contributed by atoms with Gasteiger partial charge in [-0.1, -0.05) is 54.1 Å². The number of amides is 2. The highest BCUT2D eigenvalue weighted by molar-refractivity contribution is 6.31. The van der Waals surface area contributed by atoms with E-state index in [9.17, 15) is 9.59 Å². The number of primary amides is 1. The predicted octanol–water partition coefficient (Wildman–Crippen LogP) is 4.20. The van der Waals surface area contributed by atoms with Gasteiger partial charge in [0.15, 0.2) is 0 Å². The van der Waals surface area contributed by atoms with Crippen LogP contribution in [0.3, 0.4) is 0 Å². The summed E-state index contributed by atoms with van der Waals surface area (Å²) in [5.74, 6) is -0.287. The van der Waals surface area contributed by atoms with Gasteiger partial charge in [-0.25, -0.2) is 0 Å². The Morgan fingerprint density at radius 3 is 2.50 bits per heavy atom. The zero-order valence-electron chi connectivity index (χ0n) is 15.0. The number of ether oxygens (including phenoxy) is 1. The molecule has 0 saturated heterocycles. The number of rotatable bonds is 7. The number of nitrogens with one attached hydrogen (secondary N) is 1. The number of hydrogen-bond acceptors (Lipinski definition) is 3. The fourth-order valence-corrected chi connectivity index (χ4v) is 2.92. The molecule has 0 radical (unpaired) electrons. The van der Waals surface area contributed by atoms with E-state index in [2.05, 4.69) is 5.32 Å². The van der Waals surface area contributed by atoms with Crippen molar-refractivity contribution in [2.24, 2.45) is 5.73 Å². The molecule has 0 heterocycles. The fraction of sp³-hybridized carbons (Fsp3) is 0.0909. The van der Waals surface area contributed by atoms with Crippen molar-refractivity contribution in [1.82, 2.24) is 0 Å². The Bertz CT molecular complexity index is 1000. The Balaban J connectivity index is 1.63. The molecule has 0 fully saturated rings. The maximum Gasteiger partial charge on any atom is 0.252 e. The zero-order chi connectivity index (χ0) is 19.9. The third-order valence-electron chi connectivity index (χ3n) is 4.07. The molecule has 6 heteroatoms. The Labute approximate surface area is 168 Å². The van der Waals surface area contributed by atoms with Crippen molar-refractivity contribution in [3.63, 3.8) is 0 Å². The van der Waals surface area contributed by atoms with E-state index in [1.165, 1.54) is 0 Å². The number of nitrogens with two attached hydrogens (primary N) is 1. The van der Waals surface area contributed by atoms with Crippen molar-refractivity contribution in [2.75, 3.05) is 5.32 Å². The van der Waals surface area contributed by atoms with Crippen LogP contribution in [-0.2, 0) is 17.8 Å². The number of anilines is 1. The lowest BCUT2D eigenvalue weighted by Crippen LogP contribution is -2.15. The normalized spacial score (nSPS) is 10.3. The van der Waals surface area contributed by atoms with Gasteiger partial charge >= 0.3 is 0 Å². The summed E-state index contributed by atoms with van der Waals surface area (Å²) in [5, 5.41) is 3.42. The second kappa shape index (κ2) is 9.06. The largest absolute Gasteiger partial charge is 0.488 e. The average Bonchev–Trinajstić information content (AvgIpc) is 2.68. The Morgan fingerprint density at radius 2 is 1.71 bits per heavy atom. The Morgan fingerprint density at radius 1 is 0.964 bits per heavy atom. The van der Waals surface area contributed by atoms with Crippen LogP contribution in [0.2, 0.25) is 5.02 Å². The second-order valence-corrected chi connectivity index (χ2v) is 6.57. The van der Waals surface area contributed by atoms with Crippen molar-refractivity contribution < 1.29 is 14.3 Å². The molecule has 0 aliphatic carbocycles. The van der Waals surface area contributed by atoms with E-state index in [1.54, 1.807) is 36.4 Å². The lowest BCUT2D eigenvalue weighted by molar-refractivity contribution is -0.115. The smallest absolute Gasteiger partial charge is 0.252 e. The average molecular weight is 395 g/mol. The monoisotopic (exact) mass is 394 g/mol. The molecule has 3 N–H and O–H groups in total. The van der Waals surface area contributed by atoms with Crippen LogP contribution in [0.15, 0.2) is 72.8 Å². The van der Waals surface area contributed by atoms with Crippen LogP contribution >= 0.6 is 11.6 Å². The molecule has 3 rings (SSSR count). The van der Waals surface area contributed by atoms with Crippen molar-refractivity contribution >= 4 is 29.1 Å². The standard InChI is InChI=1S/C22H19ClN2O3/c23-19-10-3-1-7-16(19)13-21(26)25-17-8-5-6-15(12-17)14-28-20-11-4-2-9-18(20)22(24)27/h1-12H,13-14H2,(H2,24,27)(H,25,26). The molecular weight excluding hydrogens is 376 g/mol. The van der Waals surface area contributed by atoms with Gasteiger partial charge in [0.25, 0.3) is 5.91 Å². The van der Waals surface area contributed by atoms with Gasteiger partial charge in [0, 0.05) is 10.7 Å². The van der Waals surface area contributed by atoms with Crippen LogP contribution < -0.4 is 15.8 Å². The molecule has 2 amide bonds. The molecule has 3 aromatic carbocycles. The summed E-state index contributed by atoms with van der Waals surface area (Å²) in [5.41, 5.74) is 7.95. The summed E-state index contributed by atoms with van der Waals surface area (Å²) in [6, 6.07) is 21.4. The summed E-state index contributed by atoms with van der Waals surface area (Å²) >= 11 is 6.10. The van der Waals surface area contributed by atoms with Crippen molar-refractivity contribution in [3.05, 3.63) is 94.5 Å². The summed E-state index contributed by atoms with van der Waals surface area (Å²) in [7, 11) is 0. The number of halogens is 1. The Kier molecular flexibility index (Phi) is 6.29. The van der Waals surface area contributed by atoms with Gasteiger partial charge in [0.05, 0.1) is 12.0 Å². The predicted molar refractivity (Wildman–Crippen MR) is 110 cm³/mol. The van der Waals surface area contributed by atoms with E-state index < -0.39 is 5.91 Å². The highest BCUT2D eigenvalue weighted by Crippen LogP contribution is 2.20. The SMILES string of the molecule is NC(=O)c1ccccc1OCc1cccc(NC(=O)Cc2ccccc2Cl)c1. The molecule has 5 nitrogen and oxygen atoms in total. The molecule has 28 heavy (non-hydrogen) atoms. The van der Waals surface area contributed by atoms with Crippen molar-refractivity contribution in [3.8, 4) is 5.75 Å². The first kappa shape index (κ1) is 19.5. The van der Waals surface area contributed by atoms with Crippen LogP contribution in [0.5, 0.6) is 5.75 Å². The third kappa shape index (κ3) is 5.11. The molecule has 0 aromatic heterocycles. The lowest BCUT2D eigenvalue weighted by atomic mass is 10.1. The van der Waals surface area contributed by atoms with Gasteiger partial charge in [-0.05, 0) is 41.5 Å². The lowest BCUT2D eigenvalue weighted by Gasteiger charge is -2.11. The number of carbonyl (C=O) groups excluding carboxylic acids is 2. The number of para-hydroxylation sites is 1. The molecule has 0 spiro atoms. The number of carbonyl (C=O) groups is 2. The maximum atomic E-state index is 12.3. The number of benzene rings is 3. The molecular formula is C22H19ClN2O3. The molecule has 0 atom stereocenters. The van der Waals surface area contributed by atoms with E-state index in [-0.39, 0.29) is 18.9 Å². The number of hydrogen-bond donors (Lipinski definition) is 2. The third-order valence-corrected chi connectivity index (χ3v) is 4.44. The van der Waals surface area contributed by atoms with Gasteiger partial charge in [-0.2, -0.15) is 0 Å². The molecule has 0 aliphatic rings. The van der Waals surface area contributed by atoms with Crippen LogP contribution in [0.25, 0.3) is 0 Å².